The van der Waals surface area contributed by atoms with E-state index in [4.69, 9.17) is 4.74 Å². The first-order valence-corrected chi connectivity index (χ1v) is 9.53. The molecule has 1 aliphatic rings. The second-order valence-corrected chi connectivity index (χ2v) is 6.74. The molecule has 1 atom stereocenters. The summed E-state index contributed by atoms with van der Waals surface area (Å²) in [5.74, 6) is -1.05. The number of benzene rings is 1. The topological polar surface area (TPSA) is 66.9 Å². The van der Waals surface area contributed by atoms with E-state index in [0.717, 1.165) is 41.0 Å². The second kappa shape index (κ2) is 8.89. The Morgan fingerprint density at radius 1 is 1.19 bits per heavy atom. The summed E-state index contributed by atoms with van der Waals surface area (Å²) in [6.45, 7) is 9.40. The maximum Gasteiger partial charge on any atom is 0.329 e. The van der Waals surface area contributed by atoms with Gasteiger partial charge in [-0.05, 0) is 63.2 Å². The lowest BCUT2D eigenvalue weighted by molar-refractivity contribution is -0.150. The summed E-state index contributed by atoms with van der Waals surface area (Å²) in [7, 11) is 0. The maximum absolute atomic E-state index is 12.5. The zero-order valence-electron chi connectivity index (χ0n) is 15.5. The third kappa shape index (κ3) is 4.27. The van der Waals surface area contributed by atoms with Gasteiger partial charge in [0.1, 0.15) is 6.04 Å². The van der Waals surface area contributed by atoms with Gasteiger partial charge in [-0.15, -0.1) is 0 Å². The van der Waals surface area contributed by atoms with Crippen LogP contribution in [0.25, 0.3) is 6.08 Å². The van der Waals surface area contributed by atoms with E-state index < -0.39 is 23.2 Å². The number of carbonyl (C=O) groups is 3. The molecule has 1 heterocycles. The lowest BCUT2D eigenvalue weighted by Gasteiger charge is -2.20. The van der Waals surface area contributed by atoms with Gasteiger partial charge >= 0.3 is 5.97 Å². The van der Waals surface area contributed by atoms with Crippen molar-refractivity contribution in [1.29, 1.82) is 0 Å². The van der Waals surface area contributed by atoms with Gasteiger partial charge in [0.25, 0.3) is 11.1 Å². The van der Waals surface area contributed by atoms with Crippen molar-refractivity contribution >= 4 is 40.6 Å². The Balaban J connectivity index is 2.18. The molecule has 1 aromatic carbocycles. The third-order valence-electron chi connectivity index (χ3n) is 4.16. The third-order valence-corrected chi connectivity index (χ3v) is 5.04. The molecule has 1 aromatic rings. The van der Waals surface area contributed by atoms with Crippen LogP contribution in [-0.2, 0) is 14.3 Å². The number of rotatable bonds is 7. The predicted molar refractivity (Wildman–Crippen MR) is 104 cm³/mol. The van der Waals surface area contributed by atoms with Crippen LogP contribution in [0.2, 0.25) is 0 Å². The molecule has 0 spiro atoms. The summed E-state index contributed by atoms with van der Waals surface area (Å²) in [6.07, 6.45) is 1.68. The van der Waals surface area contributed by atoms with E-state index in [-0.39, 0.29) is 6.61 Å². The smallest absolute Gasteiger partial charge is 0.329 e. The number of anilines is 1. The van der Waals surface area contributed by atoms with Crippen molar-refractivity contribution in [3.63, 3.8) is 0 Å². The minimum absolute atomic E-state index is 0.203. The molecule has 2 amide bonds. The fourth-order valence-electron chi connectivity index (χ4n) is 2.70. The van der Waals surface area contributed by atoms with E-state index in [2.05, 4.69) is 18.7 Å². The minimum Gasteiger partial charge on any atom is -0.464 e. The molecule has 7 heteroatoms. The number of carbonyl (C=O) groups excluding carboxylic acids is 3. The normalized spacial score (nSPS) is 16.9. The molecule has 1 fully saturated rings. The molecule has 140 valence electrons. The largest absolute Gasteiger partial charge is 0.464 e. The second-order valence-electron chi connectivity index (χ2n) is 5.74. The van der Waals surface area contributed by atoms with E-state index in [1.807, 2.05) is 24.3 Å². The van der Waals surface area contributed by atoms with Gasteiger partial charge in [-0.2, -0.15) is 0 Å². The first-order chi connectivity index (χ1) is 12.4. The Bertz CT molecular complexity index is 711. The number of imide groups is 1. The van der Waals surface area contributed by atoms with Gasteiger partial charge in [0.15, 0.2) is 0 Å². The lowest BCUT2D eigenvalue weighted by atomic mass is 10.1. The molecule has 1 aliphatic heterocycles. The molecular weight excluding hydrogens is 352 g/mol. The van der Waals surface area contributed by atoms with Crippen molar-refractivity contribution in [2.24, 2.45) is 0 Å². The van der Waals surface area contributed by atoms with Gasteiger partial charge in [-0.3, -0.25) is 14.5 Å². The molecule has 0 bridgehead atoms. The summed E-state index contributed by atoms with van der Waals surface area (Å²) in [5.41, 5.74) is 1.94. The van der Waals surface area contributed by atoms with Crippen molar-refractivity contribution in [3.05, 3.63) is 34.7 Å². The molecule has 2 rings (SSSR count). The van der Waals surface area contributed by atoms with Crippen LogP contribution in [0, 0.1) is 0 Å². The van der Waals surface area contributed by atoms with Gasteiger partial charge in [0.05, 0.1) is 11.5 Å². The molecule has 6 nitrogen and oxygen atoms in total. The molecule has 0 saturated carbocycles. The Kier molecular flexibility index (Phi) is 6.85. The van der Waals surface area contributed by atoms with Crippen LogP contribution in [-0.4, -0.2) is 47.8 Å². The highest BCUT2D eigenvalue weighted by Gasteiger charge is 2.41. The number of esters is 1. The first-order valence-electron chi connectivity index (χ1n) is 8.71. The van der Waals surface area contributed by atoms with E-state index in [0.29, 0.717) is 4.91 Å². The van der Waals surface area contributed by atoms with Gasteiger partial charge in [-0.25, -0.2) is 4.79 Å². The number of ether oxygens (including phenoxy) is 1. The fourth-order valence-corrected chi connectivity index (χ4v) is 3.61. The average molecular weight is 376 g/mol. The van der Waals surface area contributed by atoms with Crippen molar-refractivity contribution in [1.82, 2.24) is 4.90 Å². The molecule has 1 saturated heterocycles. The standard InChI is InChI=1S/C19H24N2O4S/c1-5-20(6-2)15-10-8-14(9-11-15)12-16-17(22)21(19(24)26-16)13(4)18(23)25-7-3/h8-13H,5-7H2,1-4H3/b16-12+. The molecule has 0 N–H and O–H groups in total. The summed E-state index contributed by atoms with van der Waals surface area (Å²) >= 11 is 0.840. The molecule has 1 unspecified atom stereocenters. The van der Waals surface area contributed by atoms with E-state index >= 15 is 0 Å². The molecule has 0 radical (unpaired) electrons. The SMILES string of the molecule is CCOC(=O)C(C)N1C(=O)S/C(=C/c2ccc(N(CC)CC)cc2)C1=O. The summed E-state index contributed by atoms with van der Waals surface area (Å²) in [6, 6.07) is 6.87. The summed E-state index contributed by atoms with van der Waals surface area (Å²) in [5, 5.41) is -0.457. The Morgan fingerprint density at radius 2 is 1.81 bits per heavy atom. The Hall–Kier alpha value is -2.28. The van der Waals surface area contributed by atoms with E-state index in [1.165, 1.54) is 6.92 Å². The average Bonchev–Trinajstić information content (AvgIpc) is 2.90. The predicted octanol–water partition coefficient (Wildman–Crippen LogP) is 3.52. The highest BCUT2D eigenvalue weighted by molar-refractivity contribution is 8.18. The zero-order chi connectivity index (χ0) is 19.3. The van der Waals surface area contributed by atoms with Gasteiger partial charge in [-0.1, -0.05) is 12.1 Å². The zero-order valence-corrected chi connectivity index (χ0v) is 16.3. The number of nitrogens with zero attached hydrogens (tertiary/aromatic N) is 2. The molecule has 0 aromatic heterocycles. The summed E-state index contributed by atoms with van der Waals surface area (Å²) in [4.78, 5) is 40.0. The van der Waals surface area contributed by atoms with Crippen LogP contribution in [0.3, 0.4) is 0 Å². The van der Waals surface area contributed by atoms with Crippen LogP contribution in [0.4, 0.5) is 10.5 Å². The van der Waals surface area contributed by atoms with Crippen LogP contribution in [0.15, 0.2) is 29.2 Å². The van der Waals surface area contributed by atoms with Crippen LogP contribution in [0.5, 0.6) is 0 Å². The highest BCUT2D eigenvalue weighted by Crippen LogP contribution is 2.34. The first kappa shape index (κ1) is 20.0. The molecule has 0 aliphatic carbocycles. The quantitative estimate of drug-likeness (QED) is 0.536. The number of hydrogen-bond acceptors (Lipinski definition) is 6. The monoisotopic (exact) mass is 376 g/mol. The van der Waals surface area contributed by atoms with Gasteiger partial charge in [0.2, 0.25) is 0 Å². The Morgan fingerprint density at radius 3 is 2.35 bits per heavy atom. The Labute approximate surface area is 158 Å². The highest BCUT2D eigenvalue weighted by atomic mass is 32.2. The maximum atomic E-state index is 12.5. The van der Waals surface area contributed by atoms with Gasteiger partial charge in [0, 0.05) is 18.8 Å². The van der Waals surface area contributed by atoms with Crippen LogP contribution < -0.4 is 4.90 Å². The number of hydrogen-bond donors (Lipinski definition) is 0. The van der Waals surface area contributed by atoms with Gasteiger partial charge < -0.3 is 9.64 Å². The number of amides is 2. The van der Waals surface area contributed by atoms with Crippen LogP contribution in [0.1, 0.15) is 33.3 Å². The van der Waals surface area contributed by atoms with Crippen molar-refractivity contribution < 1.29 is 19.1 Å². The van der Waals surface area contributed by atoms with E-state index in [9.17, 15) is 14.4 Å². The summed E-state index contributed by atoms with van der Waals surface area (Å²) < 4.78 is 4.90. The fraction of sp³-hybridized carbons (Fsp3) is 0.421. The number of thioether (sulfide) groups is 1. The molecular formula is C19H24N2O4S. The molecule has 26 heavy (non-hydrogen) atoms. The van der Waals surface area contributed by atoms with Crippen molar-refractivity contribution in [3.8, 4) is 0 Å². The lowest BCUT2D eigenvalue weighted by Crippen LogP contribution is -2.42. The van der Waals surface area contributed by atoms with Crippen LogP contribution >= 0.6 is 11.8 Å². The van der Waals surface area contributed by atoms with E-state index in [1.54, 1.807) is 13.0 Å². The van der Waals surface area contributed by atoms with Crippen molar-refractivity contribution in [2.75, 3.05) is 24.6 Å². The van der Waals surface area contributed by atoms with Crippen molar-refractivity contribution in [2.45, 2.75) is 33.7 Å². The minimum atomic E-state index is -0.932.